The predicted octanol–water partition coefficient (Wildman–Crippen LogP) is 4.77. The molecule has 1 saturated heterocycles. The van der Waals surface area contributed by atoms with E-state index < -0.39 is 5.97 Å². The van der Waals surface area contributed by atoms with Crippen LogP contribution in [0.3, 0.4) is 0 Å². The maximum absolute atomic E-state index is 12.8. The van der Waals surface area contributed by atoms with Crippen LogP contribution >= 0.6 is 0 Å². The Morgan fingerprint density at radius 2 is 1.59 bits per heavy atom. The van der Waals surface area contributed by atoms with Gasteiger partial charge in [0.2, 0.25) is 0 Å². The van der Waals surface area contributed by atoms with E-state index in [9.17, 15) is 9.59 Å². The number of hydrogen-bond acceptors (Lipinski definition) is 6. The molecule has 1 N–H and O–H groups in total. The van der Waals surface area contributed by atoms with E-state index in [2.05, 4.69) is 46.3 Å². The molecule has 0 unspecified atom stereocenters. The number of rotatable bonds is 10. The number of amides is 1. The third-order valence-corrected chi connectivity index (χ3v) is 6.45. The van der Waals surface area contributed by atoms with Crippen LogP contribution < -0.4 is 15.0 Å². The van der Waals surface area contributed by atoms with Crippen molar-refractivity contribution in [2.24, 2.45) is 0 Å². The fraction of sp³-hybridized carbons (Fsp3) is 0.333. The Hall–Kier alpha value is -3.84. The van der Waals surface area contributed by atoms with Crippen LogP contribution in [0, 0.1) is 0 Å². The van der Waals surface area contributed by atoms with Gasteiger partial charge in [0.05, 0.1) is 23.5 Å². The number of benzene rings is 3. The molecular weight excluding hydrogens is 466 g/mol. The van der Waals surface area contributed by atoms with Gasteiger partial charge in [0.1, 0.15) is 5.75 Å². The molecule has 0 bridgehead atoms. The first kappa shape index (κ1) is 26.2. The van der Waals surface area contributed by atoms with Crippen molar-refractivity contribution in [2.45, 2.75) is 26.8 Å². The second-order valence-electron chi connectivity index (χ2n) is 9.04. The average Bonchev–Trinajstić information content (AvgIpc) is 2.93. The standard InChI is InChI=1S/C30H35N3O4/c1-3-23-10-13-26(14-11-23)37-22-29(34)31-27-20-25(30(35)36-4-2)12-15-28(27)33-18-16-32(17-19-33)21-24-8-6-5-7-9-24/h5-15,20H,3-4,16-19,21-22H2,1-2H3,(H,31,34). The molecule has 0 atom stereocenters. The number of carbonyl (C=O) groups is 2. The minimum Gasteiger partial charge on any atom is -0.484 e. The Bertz CT molecular complexity index is 1170. The highest BCUT2D eigenvalue weighted by molar-refractivity contribution is 5.98. The SMILES string of the molecule is CCOC(=O)c1ccc(N2CCN(Cc3ccccc3)CC2)c(NC(=O)COc2ccc(CC)cc2)c1. The zero-order valence-electron chi connectivity index (χ0n) is 21.6. The molecule has 0 aliphatic carbocycles. The lowest BCUT2D eigenvalue weighted by molar-refractivity contribution is -0.118. The first-order chi connectivity index (χ1) is 18.1. The molecule has 37 heavy (non-hydrogen) atoms. The minimum absolute atomic E-state index is 0.126. The van der Waals surface area contributed by atoms with Gasteiger partial charge >= 0.3 is 5.97 Å². The molecule has 3 aromatic rings. The minimum atomic E-state index is -0.413. The summed E-state index contributed by atoms with van der Waals surface area (Å²) in [5, 5.41) is 2.96. The van der Waals surface area contributed by atoms with E-state index in [4.69, 9.17) is 9.47 Å². The average molecular weight is 502 g/mol. The summed E-state index contributed by atoms with van der Waals surface area (Å²) in [5.74, 6) is -0.0589. The predicted molar refractivity (Wildman–Crippen MR) is 146 cm³/mol. The lowest BCUT2D eigenvalue weighted by Crippen LogP contribution is -2.46. The van der Waals surface area contributed by atoms with Crippen molar-refractivity contribution in [1.29, 1.82) is 0 Å². The summed E-state index contributed by atoms with van der Waals surface area (Å²) in [5.41, 5.74) is 4.37. The second kappa shape index (κ2) is 12.9. The number of ether oxygens (including phenoxy) is 2. The maximum Gasteiger partial charge on any atom is 0.338 e. The Morgan fingerprint density at radius 1 is 0.865 bits per heavy atom. The fourth-order valence-corrected chi connectivity index (χ4v) is 4.40. The molecule has 1 aliphatic rings. The number of anilines is 2. The number of aryl methyl sites for hydroxylation is 1. The molecule has 0 aromatic heterocycles. The lowest BCUT2D eigenvalue weighted by Gasteiger charge is -2.37. The van der Waals surface area contributed by atoms with Crippen LogP contribution in [0.1, 0.15) is 35.3 Å². The van der Waals surface area contributed by atoms with Gasteiger partial charge < -0.3 is 19.7 Å². The van der Waals surface area contributed by atoms with Crippen LogP contribution in [-0.4, -0.2) is 56.2 Å². The van der Waals surface area contributed by atoms with E-state index in [1.165, 1.54) is 11.1 Å². The van der Waals surface area contributed by atoms with Crippen molar-refractivity contribution in [1.82, 2.24) is 4.90 Å². The van der Waals surface area contributed by atoms with Gasteiger partial charge in [-0.2, -0.15) is 0 Å². The van der Waals surface area contributed by atoms with E-state index in [-0.39, 0.29) is 19.1 Å². The first-order valence-corrected chi connectivity index (χ1v) is 12.9. The highest BCUT2D eigenvalue weighted by atomic mass is 16.5. The molecule has 0 spiro atoms. The smallest absolute Gasteiger partial charge is 0.338 e. The zero-order chi connectivity index (χ0) is 26.0. The lowest BCUT2D eigenvalue weighted by atomic mass is 10.1. The normalized spacial score (nSPS) is 13.7. The third kappa shape index (κ3) is 7.33. The summed E-state index contributed by atoms with van der Waals surface area (Å²) >= 11 is 0. The van der Waals surface area contributed by atoms with E-state index in [1.807, 2.05) is 36.4 Å². The fourth-order valence-electron chi connectivity index (χ4n) is 4.40. The van der Waals surface area contributed by atoms with Crippen molar-refractivity contribution >= 4 is 23.3 Å². The van der Waals surface area contributed by atoms with Gasteiger partial charge in [0.15, 0.2) is 6.61 Å². The van der Waals surface area contributed by atoms with Crippen molar-refractivity contribution in [3.63, 3.8) is 0 Å². The molecule has 1 aliphatic heterocycles. The molecule has 4 rings (SSSR count). The van der Waals surface area contributed by atoms with Gasteiger partial charge in [-0.15, -0.1) is 0 Å². The summed E-state index contributed by atoms with van der Waals surface area (Å²) in [4.78, 5) is 29.9. The van der Waals surface area contributed by atoms with Crippen molar-refractivity contribution in [3.05, 3.63) is 89.5 Å². The molecule has 7 nitrogen and oxygen atoms in total. The molecule has 0 radical (unpaired) electrons. The Labute approximate surface area is 219 Å². The van der Waals surface area contributed by atoms with E-state index in [0.717, 1.165) is 44.8 Å². The van der Waals surface area contributed by atoms with Crippen LogP contribution in [0.2, 0.25) is 0 Å². The van der Waals surface area contributed by atoms with Crippen LogP contribution in [0.15, 0.2) is 72.8 Å². The Kier molecular flexibility index (Phi) is 9.16. The maximum atomic E-state index is 12.8. The van der Waals surface area contributed by atoms with E-state index >= 15 is 0 Å². The van der Waals surface area contributed by atoms with Gasteiger partial charge in [0.25, 0.3) is 5.91 Å². The van der Waals surface area contributed by atoms with Crippen LogP contribution in [0.5, 0.6) is 5.75 Å². The van der Waals surface area contributed by atoms with Gasteiger partial charge in [0, 0.05) is 32.7 Å². The highest BCUT2D eigenvalue weighted by Gasteiger charge is 2.22. The highest BCUT2D eigenvalue weighted by Crippen LogP contribution is 2.29. The molecule has 7 heteroatoms. The van der Waals surface area contributed by atoms with E-state index in [0.29, 0.717) is 17.0 Å². The number of nitrogens with one attached hydrogen (secondary N) is 1. The largest absolute Gasteiger partial charge is 0.484 e. The van der Waals surface area contributed by atoms with Gasteiger partial charge in [-0.05, 0) is 54.8 Å². The molecule has 3 aromatic carbocycles. The summed E-state index contributed by atoms with van der Waals surface area (Å²) in [6, 6.07) is 23.5. The summed E-state index contributed by atoms with van der Waals surface area (Å²) in [6.45, 7) is 8.37. The third-order valence-electron chi connectivity index (χ3n) is 6.45. The van der Waals surface area contributed by atoms with Crippen LogP contribution in [0.4, 0.5) is 11.4 Å². The molecule has 1 fully saturated rings. The molecule has 194 valence electrons. The Balaban J connectivity index is 1.43. The monoisotopic (exact) mass is 501 g/mol. The Morgan fingerprint density at radius 3 is 2.27 bits per heavy atom. The number of esters is 1. The molecule has 0 saturated carbocycles. The number of hydrogen-bond donors (Lipinski definition) is 1. The number of nitrogens with zero attached hydrogens (tertiary/aromatic N) is 2. The molecule has 1 heterocycles. The summed E-state index contributed by atoms with van der Waals surface area (Å²) < 4.78 is 10.9. The molecule has 1 amide bonds. The second-order valence-corrected chi connectivity index (χ2v) is 9.04. The summed E-state index contributed by atoms with van der Waals surface area (Å²) in [7, 11) is 0. The van der Waals surface area contributed by atoms with Gasteiger partial charge in [-0.25, -0.2) is 4.79 Å². The van der Waals surface area contributed by atoms with Crippen molar-refractivity contribution in [2.75, 3.05) is 49.6 Å². The van der Waals surface area contributed by atoms with Crippen LogP contribution in [-0.2, 0) is 22.5 Å². The van der Waals surface area contributed by atoms with Crippen molar-refractivity contribution in [3.8, 4) is 5.75 Å². The van der Waals surface area contributed by atoms with E-state index in [1.54, 1.807) is 19.1 Å². The molecular formula is C30H35N3O4. The van der Waals surface area contributed by atoms with Gasteiger partial charge in [-0.3, -0.25) is 9.69 Å². The first-order valence-electron chi connectivity index (χ1n) is 12.9. The number of carbonyl (C=O) groups excluding carboxylic acids is 2. The topological polar surface area (TPSA) is 71.1 Å². The summed E-state index contributed by atoms with van der Waals surface area (Å²) in [6.07, 6.45) is 0.945. The number of piperazine rings is 1. The van der Waals surface area contributed by atoms with Crippen molar-refractivity contribution < 1.29 is 19.1 Å². The van der Waals surface area contributed by atoms with Gasteiger partial charge in [-0.1, -0.05) is 49.4 Å². The van der Waals surface area contributed by atoms with Crippen LogP contribution in [0.25, 0.3) is 0 Å². The zero-order valence-corrected chi connectivity index (χ0v) is 21.6. The quantitative estimate of drug-likeness (QED) is 0.404.